The number of aryl methyl sites for hydroxylation is 1. The van der Waals surface area contributed by atoms with Crippen molar-refractivity contribution in [3.05, 3.63) is 126 Å². The summed E-state index contributed by atoms with van der Waals surface area (Å²) in [5, 5.41) is 6.86. The van der Waals surface area contributed by atoms with Gasteiger partial charge >= 0.3 is 0 Å². The lowest BCUT2D eigenvalue weighted by atomic mass is 9.97. The largest absolute Gasteiger partial charge is 0.344 e. The zero-order valence-electron chi connectivity index (χ0n) is 22.0. The van der Waals surface area contributed by atoms with Crippen molar-refractivity contribution in [3.63, 3.8) is 0 Å². The van der Waals surface area contributed by atoms with Gasteiger partial charge in [0.25, 0.3) is 11.8 Å². The number of nitrogens with zero attached hydrogens (tertiary/aromatic N) is 2. The van der Waals surface area contributed by atoms with E-state index in [4.69, 9.17) is 0 Å². The molecule has 1 atom stereocenters. The Balaban J connectivity index is 1.33. The number of rotatable bonds is 8. The van der Waals surface area contributed by atoms with Gasteiger partial charge < -0.3 is 10.6 Å². The number of carbonyl (C=O) groups is 2. The van der Waals surface area contributed by atoms with Gasteiger partial charge in [-0.25, -0.2) is 0 Å². The second-order valence-corrected chi connectivity index (χ2v) is 9.37. The maximum Gasteiger partial charge on any atom is 0.256 e. The van der Waals surface area contributed by atoms with Crippen molar-refractivity contribution < 1.29 is 9.59 Å². The van der Waals surface area contributed by atoms with E-state index in [1.54, 1.807) is 12.4 Å². The van der Waals surface area contributed by atoms with E-state index in [9.17, 15) is 9.59 Å². The van der Waals surface area contributed by atoms with E-state index < -0.39 is 0 Å². The lowest BCUT2D eigenvalue weighted by molar-refractivity contribution is 0.0933. The van der Waals surface area contributed by atoms with Crippen LogP contribution in [0.3, 0.4) is 0 Å². The minimum absolute atomic E-state index is 0.181. The van der Waals surface area contributed by atoms with Crippen LogP contribution in [0.5, 0.6) is 0 Å². The van der Waals surface area contributed by atoms with Crippen molar-refractivity contribution in [2.75, 3.05) is 5.32 Å². The van der Waals surface area contributed by atoms with Crippen LogP contribution in [0.1, 0.15) is 58.3 Å². The highest BCUT2D eigenvalue weighted by Crippen LogP contribution is 2.26. The van der Waals surface area contributed by atoms with Gasteiger partial charge in [-0.2, -0.15) is 0 Å². The SMILES string of the molecule is CCc1ccc(-c2ccccc2C(=O)Nc2ccc3cc(C(=O)NC(CC)c4ccccn4)cnc3c2)cc1. The van der Waals surface area contributed by atoms with Gasteiger partial charge in [0.1, 0.15) is 0 Å². The van der Waals surface area contributed by atoms with Crippen LogP contribution in [0, 0.1) is 0 Å². The van der Waals surface area contributed by atoms with Crippen molar-refractivity contribution in [3.8, 4) is 11.1 Å². The molecule has 3 aromatic carbocycles. The fourth-order valence-corrected chi connectivity index (χ4v) is 4.58. The van der Waals surface area contributed by atoms with Gasteiger partial charge in [-0.1, -0.05) is 68.4 Å². The number of fused-ring (bicyclic) bond motifs is 1. The highest BCUT2D eigenvalue weighted by atomic mass is 16.2. The fourth-order valence-electron chi connectivity index (χ4n) is 4.58. The molecular weight excluding hydrogens is 484 g/mol. The van der Waals surface area contributed by atoms with Gasteiger partial charge in [-0.3, -0.25) is 19.6 Å². The summed E-state index contributed by atoms with van der Waals surface area (Å²) >= 11 is 0. The van der Waals surface area contributed by atoms with E-state index in [2.05, 4.69) is 51.8 Å². The molecule has 0 aliphatic carbocycles. The van der Waals surface area contributed by atoms with Crippen LogP contribution in [0.2, 0.25) is 0 Å². The molecule has 0 radical (unpaired) electrons. The minimum Gasteiger partial charge on any atom is -0.344 e. The molecule has 0 aliphatic heterocycles. The standard InChI is InChI=1S/C33H30N4O2/c1-3-22-12-14-23(15-13-22)27-9-5-6-10-28(27)33(39)36-26-17-16-24-19-25(21-35-31(24)20-26)32(38)37-29(4-2)30-11-7-8-18-34-30/h5-21,29H,3-4H2,1-2H3,(H,36,39)(H,37,38). The third-order valence-electron chi connectivity index (χ3n) is 6.81. The van der Waals surface area contributed by atoms with E-state index >= 15 is 0 Å². The minimum atomic E-state index is -0.206. The van der Waals surface area contributed by atoms with E-state index in [0.717, 1.165) is 35.0 Å². The number of amides is 2. The summed E-state index contributed by atoms with van der Waals surface area (Å²) in [6.45, 7) is 4.13. The van der Waals surface area contributed by atoms with Gasteiger partial charge in [-0.15, -0.1) is 0 Å². The molecule has 6 heteroatoms. The van der Waals surface area contributed by atoms with Crippen LogP contribution in [-0.2, 0) is 6.42 Å². The summed E-state index contributed by atoms with van der Waals surface area (Å²) in [7, 11) is 0. The summed E-state index contributed by atoms with van der Waals surface area (Å²) in [5.41, 5.74) is 6.34. The zero-order chi connectivity index (χ0) is 27.2. The molecule has 1 unspecified atom stereocenters. The smallest absolute Gasteiger partial charge is 0.256 e. The summed E-state index contributed by atoms with van der Waals surface area (Å²) < 4.78 is 0. The Morgan fingerprint density at radius 3 is 2.36 bits per heavy atom. The molecule has 194 valence electrons. The highest BCUT2D eigenvalue weighted by molar-refractivity contribution is 6.09. The number of anilines is 1. The van der Waals surface area contributed by atoms with Crippen LogP contribution in [0.25, 0.3) is 22.0 Å². The third kappa shape index (κ3) is 5.85. The molecule has 0 aliphatic rings. The maximum atomic E-state index is 13.3. The van der Waals surface area contributed by atoms with Gasteiger partial charge in [-0.05, 0) is 65.9 Å². The Hall–Kier alpha value is -4.84. The number of hydrogen-bond acceptors (Lipinski definition) is 4. The van der Waals surface area contributed by atoms with E-state index in [-0.39, 0.29) is 17.9 Å². The van der Waals surface area contributed by atoms with E-state index in [1.165, 1.54) is 5.56 Å². The highest BCUT2D eigenvalue weighted by Gasteiger charge is 2.17. The molecule has 0 bridgehead atoms. The Bertz CT molecular complexity index is 1610. The molecular formula is C33H30N4O2. The number of pyridine rings is 2. The van der Waals surface area contributed by atoms with Crippen molar-refractivity contribution in [1.82, 2.24) is 15.3 Å². The average molecular weight is 515 g/mol. The molecule has 6 nitrogen and oxygen atoms in total. The van der Waals surface area contributed by atoms with Gasteiger partial charge in [0.15, 0.2) is 0 Å². The molecule has 0 saturated heterocycles. The zero-order valence-corrected chi connectivity index (χ0v) is 22.0. The predicted octanol–water partition coefficient (Wildman–Crippen LogP) is 6.99. The van der Waals surface area contributed by atoms with Crippen molar-refractivity contribution >= 4 is 28.4 Å². The predicted molar refractivity (Wildman–Crippen MR) is 156 cm³/mol. The Morgan fingerprint density at radius 1 is 0.821 bits per heavy atom. The number of carbonyl (C=O) groups excluding carboxylic acids is 2. The molecule has 2 heterocycles. The van der Waals surface area contributed by atoms with Crippen LogP contribution in [-0.4, -0.2) is 21.8 Å². The third-order valence-corrected chi connectivity index (χ3v) is 6.81. The van der Waals surface area contributed by atoms with Crippen LogP contribution in [0.15, 0.2) is 103 Å². The van der Waals surface area contributed by atoms with Crippen molar-refractivity contribution in [1.29, 1.82) is 0 Å². The quantitative estimate of drug-likeness (QED) is 0.234. The molecule has 2 N–H and O–H groups in total. The molecule has 0 saturated carbocycles. The molecule has 0 fully saturated rings. The molecule has 0 spiro atoms. The van der Waals surface area contributed by atoms with Crippen LogP contribution < -0.4 is 10.6 Å². The Morgan fingerprint density at radius 2 is 1.62 bits per heavy atom. The van der Waals surface area contributed by atoms with E-state index in [1.807, 2.05) is 73.7 Å². The summed E-state index contributed by atoms with van der Waals surface area (Å²) in [6, 6.07) is 28.7. The van der Waals surface area contributed by atoms with Crippen molar-refractivity contribution in [2.45, 2.75) is 32.7 Å². The Labute approximate surface area is 228 Å². The second-order valence-electron chi connectivity index (χ2n) is 9.37. The number of nitrogens with one attached hydrogen (secondary N) is 2. The lowest BCUT2D eigenvalue weighted by Crippen LogP contribution is -2.28. The fraction of sp³-hybridized carbons (Fsp3) is 0.152. The monoisotopic (exact) mass is 514 g/mol. The molecule has 2 aromatic heterocycles. The van der Waals surface area contributed by atoms with Crippen LogP contribution in [0.4, 0.5) is 5.69 Å². The van der Waals surface area contributed by atoms with Gasteiger partial charge in [0, 0.05) is 29.0 Å². The first-order valence-corrected chi connectivity index (χ1v) is 13.2. The molecule has 5 aromatic rings. The van der Waals surface area contributed by atoms with Crippen LogP contribution >= 0.6 is 0 Å². The number of aromatic nitrogens is 2. The first-order chi connectivity index (χ1) is 19.1. The molecule has 5 rings (SSSR count). The number of benzene rings is 3. The summed E-state index contributed by atoms with van der Waals surface area (Å²) in [4.78, 5) is 35.1. The maximum absolute atomic E-state index is 13.3. The second kappa shape index (κ2) is 11.7. The number of hydrogen-bond donors (Lipinski definition) is 2. The Kier molecular flexibility index (Phi) is 7.73. The van der Waals surface area contributed by atoms with Gasteiger partial charge in [0.05, 0.1) is 22.8 Å². The summed E-state index contributed by atoms with van der Waals surface area (Å²) in [5.74, 6) is -0.400. The first-order valence-electron chi connectivity index (χ1n) is 13.2. The van der Waals surface area contributed by atoms with Gasteiger partial charge in [0.2, 0.25) is 0 Å². The van der Waals surface area contributed by atoms with Crippen molar-refractivity contribution in [2.24, 2.45) is 0 Å². The average Bonchev–Trinajstić information content (AvgIpc) is 3.00. The van der Waals surface area contributed by atoms with E-state index in [0.29, 0.717) is 22.3 Å². The molecule has 2 amide bonds. The normalized spacial score (nSPS) is 11.6. The lowest BCUT2D eigenvalue weighted by Gasteiger charge is -2.16. The summed E-state index contributed by atoms with van der Waals surface area (Å²) in [6.07, 6.45) is 4.97. The molecule has 39 heavy (non-hydrogen) atoms. The topological polar surface area (TPSA) is 84.0 Å². The first kappa shape index (κ1) is 25.8.